The smallest absolute Gasteiger partial charge is 0.101 e. The lowest BCUT2D eigenvalue weighted by Gasteiger charge is -2.16. The highest BCUT2D eigenvalue weighted by Gasteiger charge is 2.24. The molecule has 3 aromatic heterocycles. The van der Waals surface area contributed by atoms with Gasteiger partial charge in [-0.1, -0.05) is 91.0 Å². The normalized spacial score (nSPS) is 12.9. The number of fused-ring (bicyclic) bond motifs is 3. The molecule has 0 radical (unpaired) electrons. The molecule has 0 atom stereocenters. The highest BCUT2D eigenvalue weighted by molar-refractivity contribution is 5.92. The monoisotopic (exact) mass is 542 g/mol. The van der Waals surface area contributed by atoms with Crippen molar-refractivity contribution in [3.05, 3.63) is 145 Å². The number of aryl methyl sites for hydroxylation is 1. The molecule has 4 nitrogen and oxygen atoms in total. The van der Waals surface area contributed by atoms with Crippen molar-refractivity contribution in [1.29, 1.82) is 0 Å². The Labute approximate surface area is 245 Å². The molecule has 42 heavy (non-hydrogen) atoms. The summed E-state index contributed by atoms with van der Waals surface area (Å²) in [5.74, 6) is 0. The fourth-order valence-corrected chi connectivity index (χ4v) is 6.53. The van der Waals surface area contributed by atoms with E-state index in [0.717, 1.165) is 57.7 Å². The van der Waals surface area contributed by atoms with Gasteiger partial charge in [-0.25, -0.2) is 4.68 Å². The molecule has 3 heterocycles. The maximum Gasteiger partial charge on any atom is 0.101 e. The first-order chi connectivity index (χ1) is 20.9. The molecule has 0 bridgehead atoms. The van der Waals surface area contributed by atoms with Gasteiger partial charge in [-0.05, 0) is 73.2 Å². The van der Waals surface area contributed by atoms with Gasteiger partial charge in [0.1, 0.15) is 5.69 Å². The predicted molar refractivity (Wildman–Crippen MR) is 171 cm³/mol. The van der Waals surface area contributed by atoms with Gasteiger partial charge in [0.2, 0.25) is 0 Å². The summed E-state index contributed by atoms with van der Waals surface area (Å²) in [5.41, 5.74) is 13.9. The van der Waals surface area contributed by atoms with Gasteiger partial charge in [0, 0.05) is 34.3 Å². The Hall–Kier alpha value is -5.22. The topological polar surface area (TPSA) is 35.6 Å². The number of pyridine rings is 1. The first-order valence-corrected chi connectivity index (χ1v) is 14.7. The van der Waals surface area contributed by atoms with Crippen molar-refractivity contribution in [1.82, 2.24) is 19.3 Å². The van der Waals surface area contributed by atoms with E-state index in [1.165, 1.54) is 35.3 Å². The molecule has 0 aliphatic heterocycles. The summed E-state index contributed by atoms with van der Waals surface area (Å²) in [6.07, 6.45) is 6.57. The van der Waals surface area contributed by atoms with Gasteiger partial charge in [-0.15, -0.1) is 0 Å². The Morgan fingerprint density at radius 1 is 0.548 bits per heavy atom. The molecule has 0 amide bonds. The molecule has 1 aliphatic carbocycles. The molecule has 7 aromatic rings. The lowest BCUT2D eigenvalue weighted by Crippen LogP contribution is -2.07. The maximum absolute atomic E-state index is 5.32. The molecule has 0 saturated carbocycles. The first kappa shape index (κ1) is 24.6. The SMILES string of the molecule is c1ccc(-c2nn(-c3ccc(-n4c5c(c6ncccc64)CCCC5)cc3)c(-c3ccccc3)c2-c2ccccc2)cc1. The molecule has 0 spiro atoms. The Morgan fingerprint density at radius 2 is 1.17 bits per heavy atom. The van der Waals surface area contributed by atoms with Crippen LogP contribution in [-0.4, -0.2) is 19.3 Å². The van der Waals surface area contributed by atoms with Gasteiger partial charge in [0.15, 0.2) is 0 Å². The van der Waals surface area contributed by atoms with Crippen LogP contribution in [0.15, 0.2) is 134 Å². The lowest BCUT2D eigenvalue weighted by atomic mass is 9.96. The van der Waals surface area contributed by atoms with Crippen molar-refractivity contribution in [2.75, 3.05) is 0 Å². The fourth-order valence-electron chi connectivity index (χ4n) is 6.53. The summed E-state index contributed by atoms with van der Waals surface area (Å²) in [7, 11) is 0. The number of hydrogen-bond donors (Lipinski definition) is 0. The van der Waals surface area contributed by atoms with Crippen LogP contribution in [0.2, 0.25) is 0 Å². The quantitative estimate of drug-likeness (QED) is 0.217. The molecule has 1 aliphatic rings. The summed E-state index contributed by atoms with van der Waals surface area (Å²) in [6, 6.07) is 44.9. The van der Waals surface area contributed by atoms with E-state index < -0.39 is 0 Å². The van der Waals surface area contributed by atoms with Crippen LogP contribution in [0.5, 0.6) is 0 Å². The summed E-state index contributed by atoms with van der Waals surface area (Å²) in [5, 5.41) is 5.32. The zero-order valence-electron chi connectivity index (χ0n) is 23.3. The summed E-state index contributed by atoms with van der Waals surface area (Å²) in [4.78, 5) is 4.79. The van der Waals surface area contributed by atoms with Crippen LogP contribution in [0.25, 0.3) is 56.0 Å². The van der Waals surface area contributed by atoms with E-state index in [2.05, 4.69) is 131 Å². The fraction of sp³-hybridized carbons (Fsp3) is 0.105. The van der Waals surface area contributed by atoms with Gasteiger partial charge < -0.3 is 4.57 Å². The molecular formula is C38H30N4. The predicted octanol–water partition coefficient (Wildman–Crippen LogP) is 9.09. The molecule has 0 fully saturated rings. The second kappa shape index (κ2) is 10.3. The van der Waals surface area contributed by atoms with E-state index in [4.69, 9.17) is 10.1 Å². The highest BCUT2D eigenvalue weighted by atomic mass is 15.3. The Bertz CT molecular complexity index is 2000. The number of hydrogen-bond acceptors (Lipinski definition) is 2. The summed E-state index contributed by atoms with van der Waals surface area (Å²) in [6.45, 7) is 0. The third-order valence-electron chi connectivity index (χ3n) is 8.42. The highest BCUT2D eigenvalue weighted by Crippen LogP contribution is 2.41. The van der Waals surface area contributed by atoms with E-state index in [0.29, 0.717) is 0 Å². The molecule has 202 valence electrons. The molecule has 4 aromatic carbocycles. The standard InChI is InChI=1S/C38H30N4/c1-4-13-27(14-5-1)35-36(28-15-6-2-7-16-28)40-42(38(35)29-17-8-3-9-18-29)31-24-22-30(23-25-31)41-33-20-11-10-19-32(33)37-34(41)21-12-26-39-37/h1-9,12-18,21-26H,10-11,19-20H2. The van der Waals surface area contributed by atoms with Crippen molar-refractivity contribution < 1.29 is 0 Å². The van der Waals surface area contributed by atoms with E-state index in [1.807, 2.05) is 12.3 Å². The molecule has 0 N–H and O–H groups in total. The third kappa shape index (κ3) is 4.07. The lowest BCUT2D eigenvalue weighted by molar-refractivity contribution is 0.666. The maximum atomic E-state index is 5.32. The Balaban J connectivity index is 1.34. The van der Waals surface area contributed by atoms with Crippen molar-refractivity contribution >= 4 is 11.0 Å². The van der Waals surface area contributed by atoms with Crippen LogP contribution in [0.4, 0.5) is 0 Å². The zero-order valence-corrected chi connectivity index (χ0v) is 23.3. The van der Waals surface area contributed by atoms with Crippen LogP contribution in [-0.2, 0) is 12.8 Å². The van der Waals surface area contributed by atoms with Gasteiger partial charge in [0.25, 0.3) is 0 Å². The van der Waals surface area contributed by atoms with E-state index in [1.54, 1.807) is 0 Å². The van der Waals surface area contributed by atoms with Crippen LogP contribution in [0.3, 0.4) is 0 Å². The van der Waals surface area contributed by atoms with Crippen molar-refractivity contribution in [2.24, 2.45) is 0 Å². The van der Waals surface area contributed by atoms with Crippen molar-refractivity contribution in [3.8, 4) is 45.0 Å². The minimum absolute atomic E-state index is 0.973. The average Bonchev–Trinajstić information content (AvgIpc) is 3.63. The molecular weight excluding hydrogens is 512 g/mol. The van der Waals surface area contributed by atoms with Gasteiger partial charge >= 0.3 is 0 Å². The average molecular weight is 543 g/mol. The number of aromatic nitrogens is 4. The number of rotatable bonds is 5. The van der Waals surface area contributed by atoms with Crippen LogP contribution < -0.4 is 0 Å². The van der Waals surface area contributed by atoms with Gasteiger partial charge in [0.05, 0.1) is 22.4 Å². The second-order valence-electron chi connectivity index (χ2n) is 10.9. The van der Waals surface area contributed by atoms with Crippen LogP contribution in [0.1, 0.15) is 24.1 Å². The second-order valence-corrected chi connectivity index (χ2v) is 10.9. The number of nitrogens with zero attached hydrogens (tertiary/aromatic N) is 4. The minimum Gasteiger partial charge on any atom is -0.312 e. The summed E-state index contributed by atoms with van der Waals surface area (Å²) >= 11 is 0. The van der Waals surface area contributed by atoms with Gasteiger partial charge in [-0.3, -0.25) is 4.98 Å². The van der Waals surface area contributed by atoms with E-state index in [-0.39, 0.29) is 0 Å². The Kier molecular flexibility index (Phi) is 6.03. The van der Waals surface area contributed by atoms with Gasteiger partial charge in [-0.2, -0.15) is 5.10 Å². The molecule has 0 saturated heterocycles. The minimum atomic E-state index is 0.973. The van der Waals surface area contributed by atoms with Crippen LogP contribution in [0, 0.1) is 0 Å². The molecule has 4 heteroatoms. The van der Waals surface area contributed by atoms with Crippen LogP contribution >= 0.6 is 0 Å². The zero-order chi connectivity index (χ0) is 27.9. The molecule has 8 rings (SSSR count). The number of benzene rings is 4. The Morgan fingerprint density at radius 3 is 1.88 bits per heavy atom. The summed E-state index contributed by atoms with van der Waals surface area (Å²) < 4.78 is 4.54. The van der Waals surface area contributed by atoms with E-state index in [9.17, 15) is 0 Å². The van der Waals surface area contributed by atoms with Crippen molar-refractivity contribution in [3.63, 3.8) is 0 Å². The largest absolute Gasteiger partial charge is 0.312 e. The third-order valence-corrected chi connectivity index (χ3v) is 8.42. The molecule has 0 unspecified atom stereocenters. The first-order valence-electron chi connectivity index (χ1n) is 14.7. The van der Waals surface area contributed by atoms with E-state index >= 15 is 0 Å². The van der Waals surface area contributed by atoms with Crippen molar-refractivity contribution in [2.45, 2.75) is 25.7 Å².